The first kappa shape index (κ1) is 15.5. The molecule has 2 aliphatic rings. The van der Waals surface area contributed by atoms with Crippen LogP contribution >= 0.6 is 11.3 Å². The molecule has 1 saturated heterocycles. The van der Waals surface area contributed by atoms with Gasteiger partial charge in [-0.25, -0.2) is 0 Å². The zero-order valence-electron chi connectivity index (χ0n) is 13.4. The molecule has 0 aromatic carbocycles. The van der Waals surface area contributed by atoms with Crippen LogP contribution in [0.2, 0.25) is 0 Å². The zero-order valence-corrected chi connectivity index (χ0v) is 14.2. The van der Waals surface area contributed by atoms with Crippen LogP contribution in [0, 0.1) is 5.92 Å². The van der Waals surface area contributed by atoms with Gasteiger partial charge in [-0.2, -0.15) is 0 Å². The lowest BCUT2D eigenvalue weighted by Crippen LogP contribution is -2.37. The van der Waals surface area contributed by atoms with Crippen LogP contribution in [0.15, 0.2) is 6.07 Å². The molecule has 1 aliphatic carbocycles. The highest BCUT2D eigenvalue weighted by Gasteiger charge is 2.29. The van der Waals surface area contributed by atoms with Crippen LogP contribution in [0.1, 0.15) is 53.2 Å². The largest absolute Gasteiger partial charge is 0.354 e. The Labute approximate surface area is 135 Å². The number of hydrogen-bond donors (Lipinski definition) is 1. The molecule has 1 aromatic rings. The molecule has 1 aromatic heterocycles. The third-order valence-electron chi connectivity index (χ3n) is 4.49. The van der Waals surface area contributed by atoms with Gasteiger partial charge in [0.05, 0.1) is 4.88 Å². The molecule has 4 nitrogen and oxygen atoms in total. The monoisotopic (exact) mass is 320 g/mol. The number of carbonyl (C=O) groups is 2. The van der Waals surface area contributed by atoms with Gasteiger partial charge >= 0.3 is 0 Å². The number of likely N-dealkylation sites (tertiary alicyclic amines) is 1. The van der Waals surface area contributed by atoms with Crippen LogP contribution in [-0.4, -0.2) is 35.8 Å². The van der Waals surface area contributed by atoms with Gasteiger partial charge < -0.3 is 10.2 Å². The number of hydrogen-bond acceptors (Lipinski definition) is 3. The molecule has 0 spiro atoms. The Morgan fingerprint density at radius 2 is 2.05 bits per heavy atom. The predicted octanol–water partition coefficient (Wildman–Crippen LogP) is 2.61. The molecule has 3 rings (SSSR count). The average molecular weight is 320 g/mol. The van der Waals surface area contributed by atoms with Gasteiger partial charge in [0.1, 0.15) is 0 Å². The Hall–Kier alpha value is -1.36. The highest BCUT2D eigenvalue weighted by molar-refractivity contribution is 7.14. The molecule has 0 bridgehead atoms. The van der Waals surface area contributed by atoms with Crippen molar-refractivity contribution >= 4 is 23.2 Å². The van der Waals surface area contributed by atoms with Crippen LogP contribution in [-0.2, 0) is 17.6 Å². The zero-order chi connectivity index (χ0) is 15.7. The summed E-state index contributed by atoms with van der Waals surface area (Å²) in [5.41, 5.74) is 1.21. The summed E-state index contributed by atoms with van der Waals surface area (Å²) in [5.74, 6) is 0.388. The van der Waals surface area contributed by atoms with E-state index in [1.807, 2.05) is 24.8 Å². The fourth-order valence-electron chi connectivity index (χ4n) is 3.33. The van der Waals surface area contributed by atoms with Crippen molar-refractivity contribution in [2.75, 3.05) is 13.1 Å². The van der Waals surface area contributed by atoms with Gasteiger partial charge in [-0.3, -0.25) is 9.59 Å². The van der Waals surface area contributed by atoms with Crippen molar-refractivity contribution in [3.63, 3.8) is 0 Å². The van der Waals surface area contributed by atoms with E-state index in [2.05, 4.69) is 5.32 Å². The molecular formula is C17H24N2O2S. The van der Waals surface area contributed by atoms with Crippen molar-refractivity contribution in [2.45, 2.75) is 52.0 Å². The van der Waals surface area contributed by atoms with Crippen molar-refractivity contribution in [3.8, 4) is 0 Å². The second-order valence-corrected chi connectivity index (χ2v) is 7.80. The fourth-order valence-corrected chi connectivity index (χ4v) is 4.51. The third-order valence-corrected chi connectivity index (χ3v) is 5.71. The first-order valence-corrected chi connectivity index (χ1v) is 9.07. The van der Waals surface area contributed by atoms with E-state index in [0.29, 0.717) is 0 Å². The Kier molecular flexibility index (Phi) is 4.52. The van der Waals surface area contributed by atoms with E-state index >= 15 is 0 Å². The molecule has 1 atom stereocenters. The molecule has 1 N–H and O–H groups in total. The van der Waals surface area contributed by atoms with E-state index in [1.165, 1.54) is 10.4 Å². The van der Waals surface area contributed by atoms with E-state index in [4.69, 9.17) is 0 Å². The molecule has 5 heteroatoms. The number of aryl methyl sites for hydroxylation is 1. The van der Waals surface area contributed by atoms with Gasteiger partial charge in [-0.1, -0.05) is 0 Å². The van der Waals surface area contributed by atoms with Crippen molar-refractivity contribution in [1.29, 1.82) is 0 Å². The summed E-state index contributed by atoms with van der Waals surface area (Å²) in [6.45, 7) is 5.76. The third kappa shape index (κ3) is 3.19. The van der Waals surface area contributed by atoms with Crippen LogP contribution in [0.4, 0.5) is 0 Å². The second-order valence-electron chi connectivity index (χ2n) is 6.66. The maximum Gasteiger partial charge on any atom is 0.263 e. The van der Waals surface area contributed by atoms with E-state index in [0.717, 1.165) is 50.1 Å². The lowest BCUT2D eigenvalue weighted by molar-refractivity contribution is -0.125. The van der Waals surface area contributed by atoms with Crippen molar-refractivity contribution in [2.24, 2.45) is 5.92 Å². The number of rotatable bonds is 3. The summed E-state index contributed by atoms with van der Waals surface area (Å²) in [4.78, 5) is 28.8. The van der Waals surface area contributed by atoms with Crippen molar-refractivity contribution in [1.82, 2.24) is 10.2 Å². The van der Waals surface area contributed by atoms with Gasteiger partial charge in [0.15, 0.2) is 0 Å². The van der Waals surface area contributed by atoms with Gasteiger partial charge in [-0.05, 0) is 57.6 Å². The summed E-state index contributed by atoms with van der Waals surface area (Å²) in [6.07, 6.45) is 4.83. The maximum atomic E-state index is 12.5. The SMILES string of the molecule is CC(C)NC(=O)[C@H]1CCc2sc(C(=O)N3CCCC3)cc2C1. The Morgan fingerprint density at radius 3 is 2.73 bits per heavy atom. The minimum atomic E-state index is 0.0549. The summed E-state index contributed by atoms with van der Waals surface area (Å²) < 4.78 is 0. The summed E-state index contributed by atoms with van der Waals surface area (Å²) >= 11 is 1.64. The molecule has 22 heavy (non-hydrogen) atoms. The van der Waals surface area contributed by atoms with Gasteiger partial charge in [0.25, 0.3) is 5.91 Å². The lowest BCUT2D eigenvalue weighted by Gasteiger charge is -2.22. The van der Waals surface area contributed by atoms with Crippen molar-refractivity contribution in [3.05, 3.63) is 21.4 Å². The van der Waals surface area contributed by atoms with Gasteiger partial charge in [0.2, 0.25) is 5.91 Å². The number of carbonyl (C=O) groups excluding carboxylic acids is 2. The van der Waals surface area contributed by atoms with E-state index in [-0.39, 0.29) is 23.8 Å². The molecular weight excluding hydrogens is 296 g/mol. The van der Waals surface area contributed by atoms with E-state index in [9.17, 15) is 9.59 Å². The minimum absolute atomic E-state index is 0.0549. The molecule has 1 fully saturated rings. The Bertz CT molecular complexity index is 573. The molecule has 0 radical (unpaired) electrons. The number of nitrogens with zero attached hydrogens (tertiary/aromatic N) is 1. The van der Waals surface area contributed by atoms with E-state index < -0.39 is 0 Å². The maximum absolute atomic E-state index is 12.5. The fraction of sp³-hybridized carbons (Fsp3) is 0.647. The van der Waals surface area contributed by atoms with Gasteiger partial charge in [0, 0.05) is 29.9 Å². The van der Waals surface area contributed by atoms with Gasteiger partial charge in [-0.15, -0.1) is 11.3 Å². The lowest BCUT2D eigenvalue weighted by atomic mass is 9.87. The van der Waals surface area contributed by atoms with Crippen LogP contribution in [0.25, 0.3) is 0 Å². The normalized spacial score (nSPS) is 21.0. The smallest absolute Gasteiger partial charge is 0.263 e. The Morgan fingerprint density at radius 1 is 1.32 bits per heavy atom. The molecule has 2 heterocycles. The topological polar surface area (TPSA) is 49.4 Å². The Balaban J connectivity index is 1.70. The number of fused-ring (bicyclic) bond motifs is 1. The number of thiophene rings is 1. The first-order valence-electron chi connectivity index (χ1n) is 8.26. The van der Waals surface area contributed by atoms with Crippen LogP contribution in [0.3, 0.4) is 0 Å². The van der Waals surface area contributed by atoms with Crippen molar-refractivity contribution < 1.29 is 9.59 Å². The molecule has 0 unspecified atom stereocenters. The molecule has 2 amide bonds. The predicted molar refractivity (Wildman–Crippen MR) is 88.3 cm³/mol. The molecule has 120 valence electrons. The molecule has 0 saturated carbocycles. The van der Waals surface area contributed by atoms with E-state index in [1.54, 1.807) is 11.3 Å². The summed E-state index contributed by atoms with van der Waals surface area (Å²) in [7, 11) is 0. The minimum Gasteiger partial charge on any atom is -0.354 e. The summed E-state index contributed by atoms with van der Waals surface area (Å²) in [5, 5.41) is 3.01. The number of amides is 2. The number of nitrogens with one attached hydrogen (secondary N) is 1. The highest BCUT2D eigenvalue weighted by atomic mass is 32.1. The second kappa shape index (κ2) is 6.41. The first-order chi connectivity index (χ1) is 10.5. The highest BCUT2D eigenvalue weighted by Crippen LogP contribution is 2.33. The quantitative estimate of drug-likeness (QED) is 0.931. The standard InChI is InChI=1S/C17H24N2O2S/c1-11(2)18-16(20)12-5-6-14-13(9-12)10-15(22-14)17(21)19-7-3-4-8-19/h10-12H,3-9H2,1-2H3,(H,18,20)/t12-/m0/s1. The van der Waals surface area contributed by atoms with Crippen LogP contribution in [0.5, 0.6) is 0 Å². The van der Waals surface area contributed by atoms with Crippen LogP contribution < -0.4 is 5.32 Å². The average Bonchev–Trinajstić information content (AvgIpc) is 3.14. The summed E-state index contributed by atoms with van der Waals surface area (Å²) in [6, 6.07) is 2.22. The molecule has 1 aliphatic heterocycles.